The highest BCUT2D eigenvalue weighted by atomic mass is 19.2. The van der Waals surface area contributed by atoms with Gasteiger partial charge in [0.15, 0.2) is 69.8 Å². The SMILES string of the molecule is CCCCCCCC.Fc1c(F)c(F)c([B-](c2c(F)c(F)c(F)c(F)c2F)(c2c(F)c(F)c(F)c(F)c2F)c2c(F)c(F)c(F)c(F)c2F)c(F)c1F.[NH4+]. The summed E-state index contributed by atoms with van der Waals surface area (Å²) in [6.45, 7) is 4.51. The van der Waals surface area contributed by atoms with Gasteiger partial charge >= 0.3 is 0 Å². The van der Waals surface area contributed by atoms with Crippen LogP contribution >= 0.6 is 0 Å². The quantitative estimate of drug-likeness (QED) is 0.0576. The lowest BCUT2D eigenvalue weighted by molar-refractivity contribution is 0.378. The summed E-state index contributed by atoms with van der Waals surface area (Å²) in [6.07, 6.45) is 1.27. The predicted molar refractivity (Wildman–Crippen MR) is 154 cm³/mol. The Labute approximate surface area is 291 Å². The summed E-state index contributed by atoms with van der Waals surface area (Å²) in [7, 11) is 0. The van der Waals surface area contributed by atoms with Crippen molar-refractivity contribution in [3.8, 4) is 0 Å². The highest BCUT2D eigenvalue weighted by Crippen LogP contribution is 2.30. The molecule has 22 heteroatoms. The molecule has 298 valence electrons. The van der Waals surface area contributed by atoms with Gasteiger partial charge in [-0.2, -0.15) is 0 Å². The summed E-state index contributed by atoms with van der Waals surface area (Å²) >= 11 is 0. The van der Waals surface area contributed by atoms with Crippen molar-refractivity contribution in [3.05, 3.63) is 116 Å². The van der Waals surface area contributed by atoms with Crippen LogP contribution in [0.1, 0.15) is 52.4 Å². The van der Waals surface area contributed by atoms with Crippen molar-refractivity contribution in [1.29, 1.82) is 0 Å². The van der Waals surface area contributed by atoms with E-state index in [-0.39, 0.29) is 6.15 Å². The van der Waals surface area contributed by atoms with Gasteiger partial charge in [0.25, 0.3) is 0 Å². The van der Waals surface area contributed by atoms with Gasteiger partial charge in [0.05, 0.1) is 0 Å². The molecular weight excluding hydrogens is 789 g/mol. The molecule has 0 aliphatic heterocycles. The van der Waals surface area contributed by atoms with Crippen molar-refractivity contribution in [2.45, 2.75) is 52.4 Å². The first-order valence-electron chi connectivity index (χ1n) is 14.8. The van der Waals surface area contributed by atoms with Crippen LogP contribution in [0.2, 0.25) is 0 Å². The van der Waals surface area contributed by atoms with Gasteiger partial charge < -0.3 is 6.15 Å². The van der Waals surface area contributed by atoms with E-state index in [2.05, 4.69) is 13.8 Å². The molecule has 0 saturated heterocycles. The fraction of sp³-hybridized carbons (Fsp3) is 0.250. The Morgan fingerprint density at radius 1 is 0.241 bits per heavy atom. The maximum atomic E-state index is 15.4. The molecule has 0 aliphatic rings. The molecule has 0 atom stereocenters. The van der Waals surface area contributed by atoms with Crippen LogP contribution in [0.4, 0.5) is 87.8 Å². The number of benzene rings is 4. The summed E-state index contributed by atoms with van der Waals surface area (Å²) in [4.78, 5) is 0. The molecule has 0 heterocycles. The minimum Gasteiger partial charge on any atom is -0.369 e. The topological polar surface area (TPSA) is 36.5 Å². The summed E-state index contributed by atoms with van der Waals surface area (Å²) in [5.74, 6) is -71.4. The first-order valence-corrected chi connectivity index (χ1v) is 14.8. The average Bonchev–Trinajstić information content (AvgIpc) is 3.13. The van der Waals surface area contributed by atoms with Gasteiger partial charge in [0, 0.05) is 0 Å². The van der Waals surface area contributed by atoms with Crippen molar-refractivity contribution in [1.82, 2.24) is 6.15 Å². The highest BCUT2D eigenvalue weighted by Gasteiger charge is 2.52. The number of rotatable bonds is 9. The number of unbranched alkanes of at least 4 members (excludes halogenated alkanes) is 5. The minimum atomic E-state index is -7.22. The zero-order valence-corrected chi connectivity index (χ0v) is 27.4. The standard InChI is InChI=1S/C24BF20.C8H18.H3N/c26-5-1(6(27)14(35)21(42)13(5)34)25(2-7(28)15(36)22(43)16(37)8(2)29,3-9(30)17(38)23(44)18(39)10(3)31)4-11(32)19(40)24(45)20(41)12(4)33;1-3-5-7-8-6-4-2;/h;3-8H2,1-2H3;1H3/q-1;;/p+1. The maximum Gasteiger partial charge on any atom is 0.200 e. The number of hydrogen-bond donors (Lipinski definition) is 1. The van der Waals surface area contributed by atoms with E-state index >= 15 is 35.1 Å². The van der Waals surface area contributed by atoms with Crippen LogP contribution in [0.25, 0.3) is 0 Å². The summed E-state index contributed by atoms with van der Waals surface area (Å²) in [6, 6.07) is 0. The van der Waals surface area contributed by atoms with Gasteiger partial charge in [-0.25, -0.2) is 87.8 Å². The Bertz CT molecular complexity index is 1680. The van der Waals surface area contributed by atoms with Crippen LogP contribution in [0.3, 0.4) is 0 Å². The summed E-state index contributed by atoms with van der Waals surface area (Å²) in [5.41, 5.74) is -14.3. The van der Waals surface area contributed by atoms with Crippen LogP contribution in [-0.4, -0.2) is 6.15 Å². The highest BCUT2D eigenvalue weighted by molar-refractivity contribution is 7.20. The third kappa shape index (κ3) is 7.08. The molecule has 54 heavy (non-hydrogen) atoms. The molecule has 4 N–H and O–H groups in total. The Kier molecular flexibility index (Phi) is 14.6. The van der Waals surface area contributed by atoms with Gasteiger partial charge in [-0.3, -0.25) is 0 Å². The van der Waals surface area contributed by atoms with Gasteiger partial charge in [-0.05, 0) is 0 Å². The smallest absolute Gasteiger partial charge is 0.200 e. The van der Waals surface area contributed by atoms with Crippen LogP contribution in [0.5, 0.6) is 0 Å². The molecule has 0 spiro atoms. The molecule has 0 fully saturated rings. The van der Waals surface area contributed by atoms with Gasteiger partial charge in [-0.1, -0.05) is 52.4 Å². The van der Waals surface area contributed by atoms with Crippen molar-refractivity contribution in [3.63, 3.8) is 0 Å². The summed E-state index contributed by atoms with van der Waals surface area (Å²) in [5, 5.41) is 0. The van der Waals surface area contributed by atoms with E-state index in [4.69, 9.17) is 0 Å². The van der Waals surface area contributed by atoms with E-state index in [0.29, 0.717) is 0 Å². The molecule has 0 amide bonds. The van der Waals surface area contributed by atoms with Gasteiger partial charge in [0.1, 0.15) is 52.7 Å². The second-order valence-electron chi connectivity index (χ2n) is 11.2. The van der Waals surface area contributed by atoms with Crippen molar-refractivity contribution in [2.75, 3.05) is 0 Å². The monoisotopic (exact) mass is 811 g/mol. The molecule has 4 rings (SSSR count). The molecule has 4 aromatic rings. The van der Waals surface area contributed by atoms with E-state index in [1.165, 1.54) is 38.5 Å². The Morgan fingerprint density at radius 2 is 0.370 bits per heavy atom. The molecule has 0 aliphatic carbocycles. The third-order valence-corrected chi connectivity index (χ3v) is 8.16. The Morgan fingerprint density at radius 3 is 0.500 bits per heavy atom. The van der Waals surface area contributed by atoms with Crippen molar-refractivity contribution < 1.29 is 87.8 Å². The van der Waals surface area contributed by atoms with Crippen LogP contribution < -0.4 is 28.0 Å². The lowest BCUT2D eigenvalue weighted by Gasteiger charge is -2.44. The molecule has 1 nitrogen and oxygen atoms in total. The van der Waals surface area contributed by atoms with E-state index in [9.17, 15) is 52.7 Å². The van der Waals surface area contributed by atoms with Crippen LogP contribution in [-0.2, 0) is 0 Å². The molecular formula is C32H22BF20N. The Hall–Kier alpha value is -4.50. The predicted octanol–water partition coefficient (Wildman–Crippen LogP) is 9.59. The van der Waals surface area contributed by atoms with Crippen molar-refractivity contribution >= 4 is 28.0 Å². The van der Waals surface area contributed by atoms with E-state index in [1.807, 2.05) is 0 Å². The fourth-order valence-electron chi connectivity index (χ4n) is 5.73. The molecule has 0 bridgehead atoms. The molecule has 0 saturated carbocycles. The molecule has 0 aromatic heterocycles. The van der Waals surface area contributed by atoms with E-state index in [1.54, 1.807) is 0 Å². The third-order valence-electron chi connectivity index (χ3n) is 8.16. The van der Waals surface area contributed by atoms with Crippen molar-refractivity contribution in [2.24, 2.45) is 0 Å². The molecule has 0 radical (unpaired) electrons. The first-order chi connectivity index (χ1) is 24.6. The van der Waals surface area contributed by atoms with Gasteiger partial charge in [0.2, 0.25) is 0 Å². The summed E-state index contributed by atoms with van der Waals surface area (Å²) < 4.78 is 294. The largest absolute Gasteiger partial charge is 0.369 e. The number of quaternary nitrogens is 1. The zero-order chi connectivity index (χ0) is 40.6. The lowest BCUT2D eigenvalue weighted by Crippen LogP contribution is -2.81. The molecule has 0 unspecified atom stereocenters. The van der Waals surface area contributed by atoms with E-state index < -0.39 is 144 Å². The normalized spacial score (nSPS) is 11.4. The zero-order valence-electron chi connectivity index (χ0n) is 27.4. The van der Waals surface area contributed by atoms with Crippen LogP contribution in [0, 0.1) is 116 Å². The number of halogens is 20. The molecule has 4 aromatic carbocycles. The first kappa shape index (κ1) is 45.7. The average molecular weight is 811 g/mol. The second-order valence-corrected chi connectivity index (χ2v) is 11.2. The van der Waals surface area contributed by atoms with Crippen LogP contribution in [0.15, 0.2) is 0 Å². The minimum absolute atomic E-state index is 0. The number of hydrogen-bond acceptors (Lipinski definition) is 0. The van der Waals surface area contributed by atoms with Gasteiger partial charge in [-0.15, -0.1) is 21.9 Å². The Balaban J connectivity index is 0.00000101. The van der Waals surface area contributed by atoms with E-state index in [0.717, 1.165) is 0 Å². The fourth-order valence-corrected chi connectivity index (χ4v) is 5.73. The second kappa shape index (κ2) is 17.3. The maximum absolute atomic E-state index is 15.4. The lowest BCUT2D eigenvalue weighted by atomic mass is 9.12.